The molecule has 2 aliphatic rings. The second kappa shape index (κ2) is 17.4. The van der Waals surface area contributed by atoms with E-state index in [1.165, 1.54) is 14.0 Å². The van der Waals surface area contributed by atoms with Gasteiger partial charge in [0.15, 0.2) is 6.29 Å². The minimum Gasteiger partial charge on any atom is -0.461 e. The average molecular weight is 708 g/mol. The molecule has 50 heavy (non-hydrogen) atoms. The lowest BCUT2D eigenvalue weighted by atomic mass is 9.74. The van der Waals surface area contributed by atoms with Gasteiger partial charge in [-0.15, -0.1) is 0 Å². The summed E-state index contributed by atoms with van der Waals surface area (Å²) in [7, 11) is 5.22. The van der Waals surface area contributed by atoms with Crippen LogP contribution in [0.3, 0.4) is 0 Å². The molecule has 0 saturated carbocycles. The zero-order valence-electron chi connectivity index (χ0n) is 31.7. The summed E-state index contributed by atoms with van der Waals surface area (Å²) >= 11 is 0. The van der Waals surface area contributed by atoms with Crippen molar-refractivity contribution in [3.63, 3.8) is 0 Å². The molecule has 3 N–H and O–H groups in total. The highest BCUT2D eigenvalue weighted by molar-refractivity contribution is 5.83. The highest BCUT2D eigenvalue weighted by Gasteiger charge is 2.52. The van der Waals surface area contributed by atoms with Gasteiger partial charge < -0.3 is 43.9 Å². The Balaban J connectivity index is 2.18. The topological polar surface area (TPSA) is 161 Å². The van der Waals surface area contributed by atoms with Crippen LogP contribution in [0.4, 0.5) is 0 Å². The molecular weight excluding hydrogens is 646 g/mol. The number of carbonyl (C=O) groups excluding carboxylic acids is 3. The number of hydrogen-bond donors (Lipinski definition) is 3. The molecule has 0 spiro atoms. The number of hydrogen-bond acceptors (Lipinski definition) is 12. The van der Waals surface area contributed by atoms with Crippen molar-refractivity contribution in [1.82, 2.24) is 4.90 Å². The fourth-order valence-electron chi connectivity index (χ4n) is 7.74. The van der Waals surface area contributed by atoms with Crippen molar-refractivity contribution in [3.8, 4) is 0 Å². The summed E-state index contributed by atoms with van der Waals surface area (Å²) in [6, 6.07) is 8.77. The second-order valence-electron chi connectivity index (χ2n) is 15.2. The van der Waals surface area contributed by atoms with E-state index in [1.54, 1.807) is 53.7 Å². The molecule has 0 radical (unpaired) electrons. The largest absolute Gasteiger partial charge is 0.461 e. The van der Waals surface area contributed by atoms with Crippen LogP contribution >= 0.6 is 0 Å². The standard InChI is InChI=1S/C38H61NO11/c1-12-28-38(8,45)33(43)23(4)30(41)21(2)20-37(7,46-11)34(50-36-31(42)27(39(9)10)18-22(3)47-36)24(5)32(25(6)35(44)48-28)49-29(40)19-26-16-14-13-15-17-26/h13-17,21-25,27-28,31-34,36,42-43,45H,12,18-20H2,1-11H3/t21-,22-,23+,24+,25-,27+,28-,31-,32+,33-,34-,36+,37+,38-/m1/s1. The van der Waals surface area contributed by atoms with Gasteiger partial charge in [0.2, 0.25) is 0 Å². The van der Waals surface area contributed by atoms with Crippen LogP contribution in [0.1, 0.15) is 80.2 Å². The predicted octanol–water partition coefficient (Wildman–Crippen LogP) is 3.31. The lowest BCUT2D eigenvalue weighted by Gasteiger charge is -2.48. The third kappa shape index (κ3) is 9.50. The second-order valence-corrected chi connectivity index (χ2v) is 15.2. The minimum absolute atomic E-state index is 0.0622. The third-order valence-electron chi connectivity index (χ3n) is 10.9. The summed E-state index contributed by atoms with van der Waals surface area (Å²) in [4.78, 5) is 43.3. The molecule has 2 fully saturated rings. The molecule has 3 rings (SSSR count). The molecule has 0 amide bonds. The van der Waals surface area contributed by atoms with Crippen LogP contribution in [-0.2, 0) is 44.5 Å². The number of nitrogens with zero attached hydrogens (tertiary/aromatic N) is 1. The van der Waals surface area contributed by atoms with Gasteiger partial charge in [0.25, 0.3) is 0 Å². The first-order valence-electron chi connectivity index (χ1n) is 17.9. The lowest BCUT2D eigenvalue weighted by Crippen LogP contribution is -2.60. The van der Waals surface area contributed by atoms with E-state index in [0.717, 1.165) is 5.56 Å². The number of aliphatic hydroxyl groups is 3. The van der Waals surface area contributed by atoms with E-state index in [1.807, 2.05) is 44.1 Å². The highest BCUT2D eigenvalue weighted by Crippen LogP contribution is 2.40. The summed E-state index contributed by atoms with van der Waals surface area (Å²) in [5, 5.41) is 34.4. The normalized spacial score (nSPS) is 40.9. The van der Waals surface area contributed by atoms with Crippen molar-refractivity contribution in [1.29, 1.82) is 0 Å². The number of ketones is 1. The minimum atomic E-state index is -1.97. The van der Waals surface area contributed by atoms with E-state index in [2.05, 4.69) is 0 Å². The summed E-state index contributed by atoms with van der Waals surface area (Å²) in [5.74, 6) is -5.29. The Kier molecular flexibility index (Phi) is 14.6. The molecule has 2 heterocycles. The zero-order chi connectivity index (χ0) is 37.7. The van der Waals surface area contributed by atoms with Crippen molar-refractivity contribution >= 4 is 17.7 Å². The van der Waals surface area contributed by atoms with Gasteiger partial charge in [-0.1, -0.05) is 58.0 Å². The van der Waals surface area contributed by atoms with Crippen LogP contribution in [0.25, 0.3) is 0 Å². The van der Waals surface area contributed by atoms with Crippen molar-refractivity contribution in [2.45, 2.75) is 141 Å². The number of esters is 2. The van der Waals surface area contributed by atoms with Gasteiger partial charge in [-0.3, -0.25) is 14.4 Å². The van der Waals surface area contributed by atoms with Crippen LogP contribution in [0.5, 0.6) is 0 Å². The van der Waals surface area contributed by atoms with E-state index >= 15 is 0 Å². The maximum atomic E-state index is 14.0. The van der Waals surface area contributed by atoms with Gasteiger partial charge in [0.1, 0.15) is 29.7 Å². The lowest BCUT2D eigenvalue weighted by molar-refractivity contribution is -0.301. The Bertz CT molecular complexity index is 1270. The predicted molar refractivity (Wildman–Crippen MR) is 186 cm³/mol. The Hall–Kier alpha value is -2.45. The van der Waals surface area contributed by atoms with E-state index in [0.29, 0.717) is 6.42 Å². The molecule has 0 unspecified atom stereocenters. The molecule has 2 aliphatic heterocycles. The summed E-state index contributed by atoms with van der Waals surface area (Å²) in [5.41, 5.74) is -2.53. The summed E-state index contributed by atoms with van der Waals surface area (Å²) in [6.07, 6.45) is -6.63. The molecule has 0 aromatic heterocycles. The first kappa shape index (κ1) is 42.0. The van der Waals surface area contributed by atoms with E-state index < -0.39 is 83.6 Å². The number of ether oxygens (including phenoxy) is 5. The van der Waals surface area contributed by atoms with Gasteiger partial charge in [-0.2, -0.15) is 0 Å². The van der Waals surface area contributed by atoms with Gasteiger partial charge in [0.05, 0.1) is 36.3 Å². The van der Waals surface area contributed by atoms with E-state index in [-0.39, 0.29) is 37.2 Å². The number of methoxy groups -OCH3 is 1. The highest BCUT2D eigenvalue weighted by atomic mass is 16.7. The van der Waals surface area contributed by atoms with Crippen LogP contribution in [0.15, 0.2) is 30.3 Å². The van der Waals surface area contributed by atoms with E-state index in [4.69, 9.17) is 23.7 Å². The molecule has 0 bridgehead atoms. The SMILES string of the molecule is CC[C@H]1OC(=O)[C@H](C)[C@@H](OC(=O)Cc2ccccc2)[C@H](C)[C@@H](O[C@@H]2O[C@H](C)C[C@H](N(C)C)[C@H]2O)[C@@](C)(OC)C[C@@H](C)C(=O)[C@H](C)[C@@H](O)[C@]1(C)O. The molecule has 12 heteroatoms. The summed E-state index contributed by atoms with van der Waals surface area (Å²) in [6.45, 7) is 13.3. The molecular formula is C38H61NO11. The maximum absolute atomic E-state index is 14.0. The maximum Gasteiger partial charge on any atom is 0.312 e. The first-order chi connectivity index (χ1) is 23.3. The Morgan fingerprint density at radius 3 is 2.20 bits per heavy atom. The van der Waals surface area contributed by atoms with Crippen molar-refractivity contribution < 1.29 is 53.4 Å². The molecule has 1 aromatic carbocycles. The summed E-state index contributed by atoms with van der Waals surface area (Å²) < 4.78 is 31.1. The van der Waals surface area contributed by atoms with Crippen LogP contribution in [-0.4, -0.2) is 119 Å². The molecule has 14 atom stereocenters. The first-order valence-corrected chi connectivity index (χ1v) is 17.9. The van der Waals surface area contributed by atoms with Crippen molar-refractivity contribution in [2.75, 3.05) is 21.2 Å². The monoisotopic (exact) mass is 707 g/mol. The Labute approximate surface area is 297 Å². The van der Waals surface area contributed by atoms with E-state index in [9.17, 15) is 29.7 Å². The molecule has 1 aromatic rings. The van der Waals surface area contributed by atoms with Crippen LogP contribution < -0.4 is 0 Å². The van der Waals surface area contributed by atoms with Crippen molar-refractivity contribution in [2.24, 2.45) is 23.7 Å². The fourth-order valence-corrected chi connectivity index (χ4v) is 7.74. The smallest absolute Gasteiger partial charge is 0.312 e. The molecule has 284 valence electrons. The van der Waals surface area contributed by atoms with Gasteiger partial charge >= 0.3 is 11.9 Å². The molecule has 2 saturated heterocycles. The van der Waals surface area contributed by atoms with Gasteiger partial charge in [-0.05, 0) is 66.6 Å². The van der Waals surface area contributed by atoms with Crippen LogP contribution in [0, 0.1) is 23.7 Å². The Morgan fingerprint density at radius 1 is 1.02 bits per heavy atom. The number of carbonyl (C=O) groups is 3. The number of cyclic esters (lactones) is 1. The third-order valence-corrected chi connectivity index (χ3v) is 10.9. The fraction of sp³-hybridized carbons (Fsp3) is 0.763. The number of Topliss-reactive ketones (excluding diaryl/α,β-unsaturated/α-hetero) is 1. The number of aliphatic hydroxyl groups excluding tert-OH is 2. The number of rotatable bonds is 8. The quantitative estimate of drug-likeness (QED) is 0.339. The zero-order valence-corrected chi connectivity index (χ0v) is 31.7. The van der Waals surface area contributed by atoms with Crippen molar-refractivity contribution in [3.05, 3.63) is 35.9 Å². The molecule has 12 nitrogen and oxygen atoms in total. The molecule has 0 aliphatic carbocycles. The number of benzene rings is 1. The van der Waals surface area contributed by atoms with Gasteiger partial charge in [0, 0.05) is 30.9 Å². The van der Waals surface area contributed by atoms with Gasteiger partial charge in [-0.25, -0.2) is 0 Å². The average Bonchev–Trinajstić information content (AvgIpc) is 3.07. The number of likely N-dealkylation sites (N-methyl/N-ethyl adjacent to an activating group) is 1. The Morgan fingerprint density at radius 2 is 1.64 bits per heavy atom. The van der Waals surface area contributed by atoms with Crippen LogP contribution in [0.2, 0.25) is 0 Å².